The van der Waals surface area contributed by atoms with Crippen LogP contribution in [0, 0.1) is 6.92 Å². The smallest absolute Gasteiger partial charge is 0.409 e. The largest absolute Gasteiger partial charge is 0.453 e. The monoisotopic (exact) mass is 412 g/mol. The highest BCUT2D eigenvalue weighted by molar-refractivity contribution is 5.68. The summed E-state index contributed by atoms with van der Waals surface area (Å²) in [6.45, 7) is 5.27. The Kier molecular flexibility index (Phi) is 6.57. The molecule has 2 aromatic rings. The Morgan fingerprint density at radius 1 is 1.17 bits per heavy atom. The Hall–Kier alpha value is -2.54. The summed E-state index contributed by atoms with van der Waals surface area (Å²) in [5, 5.41) is 7.36. The minimum atomic E-state index is -0.274. The molecular weight excluding hydrogens is 380 g/mol. The number of rotatable bonds is 5. The lowest BCUT2D eigenvalue weighted by atomic mass is 9.85. The van der Waals surface area contributed by atoms with Crippen molar-refractivity contribution in [1.82, 2.24) is 15.1 Å². The molecule has 2 unspecified atom stereocenters. The molecule has 0 bridgehead atoms. The number of hydrogen-bond donors (Lipinski definition) is 1. The van der Waals surface area contributed by atoms with E-state index in [2.05, 4.69) is 52.4 Å². The molecule has 7 heteroatoms. The standard InChI is InChI=1S/C23H32N4O3/c1-17-15-24-25-22(17)20-9-6-12-27(23(28)29-2)21(20)16-30-19-10-13-26(14-11-19)18-7-4-3-5-8-18/h3-5,7-8,15,19-21H,6,9-14,16H2,1-2H3,(H,24,25). The van der Waals surface area contributed by atoms with Gasteiger partial charge in [0.25, 0.3) is 0 Å². The van der Waals surface area contributed by atoms with Gasteiger partial charge in [0.15, 0.2) is 0 Å². The SMILES string of the molecule is COC(=O)N1CCCC(c2[nH]ncc2C)C1COC1CCN(c2ccccc2)CC1. The predicted octanol–water partition coefficient (Wildman–Crippen LogP) is 3.72. The molecule has 2 fully saturated rings. The summed E-state index contributed by atoms with van der Waals surface area (Å²) in [5.41, 5.74) is 3.51. The molecule has 3 heterocycles. The Morgan fingerprint density at radius 2 is 1.93 bits per heavy atom. The summed E-state index contributed by atoms with van der Waals surface area (Å²) >= 11 is 0. The second-order valence-corrected chi connectivity index (χ2v) is 8.30. The van der Waals surface area contributed by atoms with Crippen molar-refractivity contribution in [3.05, 3.63) is 47.8 Å². The van der Waals surface area contributed by atoms with Gasteiger partial charge in [0, 0.05) is 36.9 Å². The number of nitrogens with one attached hydrogen (secondary N) is 1. The van der Waals surface area contributed by atoms with Gasteiger partial charge in [-0.2, -0.15) is 5.10 Å². The normalized spacial score (nSPS) is 22.9. The summed E-state index contributed by atoms with van der Waals surface area (Å²) in [5.74, 6) is 0.185. The van der Waals surface area contributed by atoms with Crippen molar-refractivity contribution in [2.75, 3.05) is 38.3 Å². The van der Waals surface area contributed by atoms with Gasteiger partial charge < -0.3 is 19.3 Å². The van der Waals surface area contributed by atoms with E-state index in [1.165, 1.54) is 12.8 Å². The molecule has 2 aliphatic heterocycles. The molecule has 0 aliphatic carbocycles. The third-order valence-electron chi connectivity index (χ3n) is 6.49. The average molecular weight is 413 g/mol. The maximum Gasteiger partial charge on any atom is 0.409 e. The number of ether oxygens (including phenoxy) is 2. The Balaban J connectivity index is 1.40. The van der Waals surface area contributed by atoms with Gasteiger partial charge in [-0.05, 0) is 50.3 Å². The summed E-state index contributed by atoms with van der Waals surface area (Å²) in [6.07, 6.45) is 5.74. The Bertz CT molecular complexity index is 817. The maximum atomic E-state index is 12.4. The number of carbonyl (C=O) groups excluding carboxylic acids is 1. The fourth-order valence-electron chi connectivity index (χ4n) is 4.83. The lowest BCUT2D eigenvalue weighted by Gasteiger charge is -2.41. The summed E-state index contributed by atoms with van der Waals surface area (Å²) in [7, 11) is 1.45. The van der Waals surface area contributed by atoms with E-state index >= 15 is 0 Å². The molecule has 2 saturated heterocycles. The van der Waals surface area contributed by atoms with E-state index in [0.717, 1.165) is 50.0 Å². The number of para-hydroxylation sites is 1. The highest BCUT2D eigenvalue weighted by Crippen LogP contribution is 2.34. The van der Waals surface area contributed by atoms with Crippen LogP contribution in [0.3, 0.4) is 0 Å². The highest BCUT2D eigenvalue weighted by Gasteiger charge is 2.38. The summed E-state index contributed by atoms with van der Waals surface area (Å²) < 4.78 is 11.5. The first-order valence-electron chi connectivity index (χ1n) is 10.9. The fourth-order valence-corrected chi connectivity index (χ4v) is 4.83. The second-order valence-electron chi connectivity index (χ2n) is 8.30. The molecule has 1 aromatic heterocycles. The molecule has 2 aliphatic rings. The molecule has 0 radical (unpaired) electrons. The zero-order valence-corrected chi connectivity index (χ0v) is 17.9. The molecule has 1 aromatic carbocycles. The number of anilines is 1. The minimum absolute atomic E-state index is 0.0440. The lowest BCUT2D eigenvalue weighted by molar-refractivity contribution is -0.0177. The third kappa shape index (κ3) is 4.46. The van der Waals surface area contributed by atoms with E-state index < -0.39 is 0 Å². The molecule has 0 spiro atoms. The number of likely N-dealkylation sites (tertiary alicyclic amines) is 1. The van der Waals surface area contributed by atoms with Crippen LogP contribution in [-0.4, -0.2) is 66.7 Å². The van der Waals surface area contributed by atoms with E-state index in [4.69, 9.17) is 9.47 Å². The van der Waals surface area contributed by atoms with Crippen LogP contribution in [0.4, 0.5) is 10.5 Å². The van der Waals surface area contributed by atoms with Gasteiger partial charge in [0.05, 0.1) is 32.1 Å². The Labute approximate surface area is 178 Å². The van der Waals surface area contributed by atoms with Crippen molar-refractivity contribution in [1.29, 1.82) is 0 Å². The van der Waals surface area contributed by atoms with Crippen LogP contribution in [0.25, 0.3) is 0 Å². The summed E-state index contributed by atoms with van der Waals surface area (Å²) in [4.78, 5) is 16.7. The van der Waals surface area contributed by atoms with Gasteiger partial charge in [0.2, 0.25) is 0 Å². The zero-order valence-electron chi connectivity index (χ0n) is 17.9. The second kappa shape index (κ2) is 9.51. The number of benzene rings is 1. The van der Waals surface area contributed by atoms with Gasteiger partial charge in [-0.1, -0.05) is 18.2 Å². The molecule has 30 heavy (non-hydrogen) atoms. The van der Waals surface area contributed by atoms with Crippen molar-refractivity contribution in [3.63, 3.8) is 0 Å². The van der Waals surface area contributed by atoms with E-state index in [-0.39, 0.29) is 24.2 Å². The Morgan fingerprint density at radius 3 is 2.60 bits per heavy atom. The van der Waals surface area contributed by atoms with E-state index in [1.807, 2.05) is 11.1 Å². The number of methoxy groups -OCH3 is 1. The van der Waals surface area contributed by atoms with Gasteiger partial charge in [-0.3, -0.25) is 5.10 Å². The van der Waals surface area contributed by atoms with Gasteiger partial charge in [0.1, 0.15) is 0 Å². The van der Waals surface area contributed by atoms with Gasteiger partial charge in [-0.25, -0.2) is 4.79 Å². The van der Waals surface area contributed by atoms with Gasteiger partial charge in [-0.15, -0.1) is 0 Å². The number of amides is 1. The van der Waals surface area contributed by atoms with Crippen molar-refractivity contribution in [2.24, 2.45) is 0 Å². The third-order valence-corrected chi connectivity index (χ3v) is 6.49. The van der Waals surface area contributed by atoms with Crippen LogP contribution < -0.4 is 4.90 Å². The van der Waals surface area contributed by atoms with E-state index in [0.29, 0.717) is 13.2 Å². The number of H-pyrrole nitrogens is 1. The lowest BCUT2D eigenvalue weighted by Crippen LogP contribution is -2.51. The topological polar surface area (TPSA) is 70.7 Å². The van der Waals surface area contributed by atoms with Crippen LogP contribution in [0.15, 0.2) is 36.5 Å². The first-order valence-corrected chi connectivity index (χ1v) is 10.9. The quantitative estimate of drug-likeness (QED) is 0.811. The number of aromatic nitrogens is 2. The van der Waals surface area contributed by atoms with Crippen LogP contribution in [0.5, 0.6) is 0 Å². The zero-order chi connectivity index (χ0) is 20.9. The number of nitrogens with zero attached hydrogens (tertiary/aromatic N) is 3. The number of aromatic amines is 1. The maximum absolute atomic E-state index is 12.4. The van der Waals surface area contributed by atoms with Crippen LogP contribution >= 0.6 is 0 Å². The first-order chi connectivity index (χ1) is 14.7. The fraction of sp³-hybridized carbons (Fsp3) is 0.565. The van der Waals surface area contributed by atoms with Crippen LogP contribution in [0.2, 0.25) is 0 Å². The van der Waals surface area contributed by atoms with Crippen LogP contribution in [-0.2, 0) is 9.47 Å². The molecule has 0 saturated carbocycles. The van der Waals surface area contributed by atoms with Crippen molar-refractivity contribution >= 4 is 11.8 Å². The number of carbonyl (C=O) groups is 1. The average Bonchev–Trinajstić information content (AvgIpc) is 3.23. The highest BCUT2D eigenvalue weighted by atomic mass is 16.5. The number of piperidine rings is 2. The van der Waals surface area contributed by atoms with E-state index in [1.54, 1.807) is 0 Å². The first kappa shape index (κ1) is 20.7. The number of hydrogen-bond acceptors (Lipinski definition) is 5. The molecule has 162 valence electrons. The number of aryl methyl sites for hydroxylation is 1. The summed E-state index contributed by atoms with van der Waals surface area (Å²) in [6, 6.07) is 10.5. The molecule has 1 amide bonds. The van der Waals surface area contributed by atoms with Crippen molar-refractivity contribution in [2.45, 2.75) is 50.7 Å². The molecule has 7 nitrogen and oxygen atoms in total. The van der Waals surface area contributed by atoms with Crippen molar-refractivity contribution < 1.29 is 14.3 Å². The molecule has 2 atom stereocenters. The molecule has 4 rings (SSSR count). The minimum Gasteiger partial charge on any atom is -0.453 e. The van der Waals surface area contributed by atoms with E-state index in [9.17, 15) is 4.79 Å². The van der Waals surface area contributed by atoms with Crippen molar-refractivity contribution in [3.8, 4) is 0 Å². The molecule has 1 N–H and O–H groups in total. The predicted molar refractivity (Wildman–Crippen MR) is 116 cm³/mol. The molecular formula is C23H32N4O3. The van der Waals surface area contributed by atoms with Crippen LogP contribution in [0.1, 0.15) is 42.9 Å². The van der Waals surface area contributed by atoms with Gasteiger partial charge >= 0.3 is 6.09 Å².